The third-order valence-corrected chi connectivity index (χ3v) is 3.74. The lowest BCUT2D eigenvalue weighted by Crippen LogP contribution is -2.02. The van der Waals surface area contributed by atoms with Crippen LogP contribution in [0.2, 0.25) is 5.02 Å². The van der Waals surface area contributed by atoms with Crippen LogP contribution in [-0.2, 0) is 6.42 Å². The Morgan fingerprint density at radius 3 is 2.78 bits per heavy atom. The molecule has 1 unspecified atom stereocenters. The predicted octanol–water partition coefficient (Wildman–Crippen LogP) is 4.59. The van der Waals surface area contributed by atoms with E-state index in [1.54, 1.807) is 6.92 Å². The number of aliphatic hydroxyl groups excluding tert-OH is 1. The van der Waals surface area contributed by atoms with E-state index in [9.17, 15) is 5.11 Å². The molecule has 1 N–H and O–H groups in total. The van der Waals surface area contributed by atoms with Crippen LogP contribution in [0, 0.1) is 6.92 Å². The third-order valence-electron chi connectivity index (χ3n) is 2.67. The molecule has 1 heterocycles. The van der Waals surface area contributed by atoms with Crippen molar-refractivity contribution in [3.8, 4) is 11.3 Å². The van der Waals surface area contributed by atoms with Crippen molar-refractivity contribution in [1.29, 1.82) is 0 Å². The molecular weight excluding hydrogens is 316 g/mol. The first-order valence-corrected chi connectivity index (χ1v) is 6.87. The first-order chi connectivity index (χ1) is 8.47. The van der Waals surface area contributed by atoms with Gasteiger partial charge in [0.15, 0.2) is 0 Å². The molecule has 2 aromatic rings. The molecule has 1 aromatic carbocycles. The standard InChI is InChI=1S/C14H14BrClO2/c1-8-5-12(15)11(7-13(8)16)14-4-3-10(18-14)6-9(2)17/h3-5,7,9,17H,6H2,1-2H3. The summed E-state index contributed by atoms with van der Waals surface area (Å²) in [5.41, 5.74) is 1.94. The SMILES string of the molecule is Cc1cc(Br)c(-c2ccc(CC(C)O)o2)cc1Cl. The quantitative estimate of drug-likeness (QED) is 0.893. The minimum absolute atomic E-state index is 0.408. The van der Waals surface area contributed by atoms with Crippen LogP contribution in [0.5, 0.6) is 0 Å². The zero-order valence-corrected chi connectivity index (χ0v) is 12.5. The van der Waals surface area contributed by atoms with E-state index in [4.69, 9.17) is 16.0 Å². The smallest absolute Gasteiger partial charge is 0.135 e. The third kappa shape index (κ3) is 2.97. The average Bonchev–Trinajstić information content (AvgIpc) is 2.70. The lowest BCUT2D eigenvalue weighted by molar-refractivity contribution is 0.187. The maximum atomic E-state index is 9.33. The van der Waals surface area contributed by atoms with Crippen molar-refractivity contribution in [3.63, 3.8) is 0 Å². The molecular formula is C14H14BrClO2. The zero-order valence-electron chi connectivity index (χ0n) is 10.2. The van der Waals surface area contributed by atoms with Crippen molar-refractivity contribution in [2.75, 3.05) is 0 Å². The highest BCUT2D eigenvalue weighted by Crippen LogP contribution is 2.34. The van der Waals surface area contributed by atoms with Crippen molar-refractivity contribution in [2.24, 2.45) is 0 Å². The van der Waals surface area contributed by atoms with E-state index in [0.717, 1.165) is 27.1 Å². The van der Waals surface area contributed by atoms with E-state index in [0.29, 0.717) is 11.4 Å². The van der Waals surface area contributed by atoms with Gasteiger partial charge in [-0.15, -0.1) is 0 Å². The van der Waals surface area contributed by atoms with Crippen molar-refractivity contribution in [3.05, 3.63) is 45.1 Å². The summed E-state index contributed by atoms with van der Waals surface area (Å²) in [5.74, 6) is 1.52. The Morgan fingerprint density at radius 1 is 1.39 bits per heavy atom. The molecule has 2 nitrogen and oxygen atoms in total. The van der Waals surface area contributed by atoms with Crippen molar-refractivity contribution in [2.45, 2.75) is 26.4 Å². The summed E-state index contributed by atoms with van der Waals surface area (Å²) in [6.45, 7) is 3.69. The molecule has 0 saturated heterocycles. The topological polar surface area (TPSA) is 33.4 Å². The van der Waals surface area contributed by atoms with E-state index >= 15 is 0 Å². The van der Waals surface area contributed by atoms with E-state index in [-0.39, 0.29) is 0 Å². The number of aliphatic hydroxyl groups is 1. The van der Waals surface area contributed by atoms with Gasteiger partial charge in [-0.25, -0.2) is 0 Å². The Kier molecular flexibility index (Phi) is 4.15. The summed E-state index contributed by atoms with van der Waals surface area (Å²) < 4.78 is 6.65. The number of hydrogen-bond donors (Lipinski definition) is 1. The van der Waals surface area contributed by atoms with E-state index in [1.807, 2.05) is 31.2 Å². The first-order valence-electron chi connectivity index (χ1n) is 5.70. The molecule has 0 aliphatic carbocycles. The van der Waals surface area contributed by atoms with Crippen molar-refractivity contribution >= 4 is 27.5 Å². The van der Waals surface area contributed by atoms with Gasteiger partial charge in [0.2, 0.25) is 0 Å². The Labute approximate surface area is 120 Å². The molecule has 1 atom stereocenters. The number of halogens is 2. The molecule has 96 valence electrons. The van der Waals surface area contributed by atoms with Crippen LogP contribution >= 0.6 is 27.5 Å². The lowest BCUT2D eigenvalue weighted by atomic mass is 10.1. The van der Waals surface area contributed by atoms with Gasteiger partial charge in [0, 0.05) is 21.5 Å². The molecule has 0 bridgehead atoms. The molecule has 0 saturated carbocycles. The Morgan fingerprint density at radius 2 is 2.11 bits per heavy atom. The maximum Gasteiger partial charge on any atom is 0.135 e. The molecule has 0 fully saturated rings. The Hall–Kier alpha value is -0.770. The summed E-state index contributed by atoms with van der Waals surface area (Å²) in [7, 11) is 0. The summed E-state index contributed by atoms with van der Waals surface area (Å²) in [5, 5.41) is 10.0. The number of hydrogen-bond acceptors (Lipinski definition) is 2. The van der Waals surface area contributed by atoms with Gasteiger partial charge in [-0.05, 0) is 43.7 Å². The van der Waals surface area contributed by atoms with Gasteiger partial charge in [-0.1, -0.05) is 27.5 Å². The van der Waals surface area contributed by atoms with E-state index in [1.165, 1.54) is 0 Å². The van der Waals surface area contributed by atoms with Crippen LogP contribution in [-0.4, -0.2) is 11.2 Å². The fraction of sp³-hybridized carbons (Fsp3) is 0.286. The van der Waals surface area contributed by atoms with Crippen LogP contribution in [0.25, 0.3) is 11.3 Å². The normalized spacial score (nSPS) is 12.7. The van der Waals surface area contributed by atoms with Gasteiger partial charge in [0.05, 0.1) is 6.10 Å². The van der Waals surface area contributed by atoms with Crippen LogP contribution in [0.4, 0.5) is 0 Å². The number of aryl methyl sites for hydroxylation is 1. The fourth-order valence-electron chi connectivity index (χ4n) is 1.76. The van der Waals surface area contributed by atoms with Crippen LogP contribution in [0.15, 0.2) is 33.2 Å². The molecule has 0 amide bonds. The molecule has 0 aliphatic heterocycles. The minimum Gasteiger partial charge on any atom is -0.461 e. The molecule has 18 heavy (non-hydrogen) atoms. The molecule has 0 radical (unpaired) electrons. The van der Waals surface area contributed by atoms with E-state index < -0.39 is 6.10 Å². The highest BCUT2D eigenvalue weighted by Gasteiger charge is 2.11. The number of benzene rings is 1. The average molecular weight is 330 g/mol. The summed E-state index contributed by atoms with van der Waals surface area (Å²) in [6.07, 6.45) is 0.103. The number of furan rings is 1. The van der Waals surface area contributed by atoms with Crippen LogP contribution in [0.3, 0.4) is 0 Å². The fourth-order valence-corrected chi connectivity index (χ4v) is 2.58. The van der Waals surface area contributed by atoms with Crippen molar-refractivity contribution in [1.82, 2.24) is 0 Å². The minimum atomic E-state index is -0.408. The maximum absolute atomic E-state index is 9.33. The van der Waals surface area contributed by atoms with E-state index in [2.05, 4.69) is 15.9 Å². The van der Waals surface area contributed by atoms with Gasteiger partial charge in [0.25, 0.3) is 0 Å². The molecule has 1 aromatic heterocycles. The largest absolute Gasteiger partial charge is 0.461 e. The first kappa shape index (κ1) is 13.7. The van der Waals surface area contributed by atoms with Gasteiger partial charge < -0.3 is 9.52 Å². The second-order valence-electron chi connectivity index (χ2n) is 4.40. The lowest BCUT2D eigenvalue weighted by Gasteiger charge is -2.05. The summed E-state index contributed by atoms with van der Waals surface area (Å²) in [6, 6.07) is 7.62. The highest BCUT2D eigenvalue weighted by atomic mass is 79.9. The number of rotatable bonds is 3. The van der Waals surface area contributed by atoms with Gasteiger partial charge in [-0.3, -0.25) is 0 Å². The summed E-state index contributed by atoms with van der Waals surface area (Å²) in [4.78, 5) is 0. The highest BCUT2D eigenvalue weighted by molar-refractivity contribution is 9.10. The monoisotopic (exact) mass is 328 g/mol. The summed E-state index contributed by atoms with van der Waals surface area (Å²) >= 11 is 9.63. The molecule has 2 rings (SSSR count). The Balaban J connectivity index is 2.37. The second kappa shape index (κ2) is 5.47. The van der Waals surface area contributed by atoms with Crippen molar-refractivity contribution < 1.29 is 9.52 Å². The second-order valence-corrected chi connectivity index (χ2v) is 5.66. The van der Waals surface area contributed by atoms with Crippen LogP contribution in [0.1, 0.15) is 18.2 Å². The predicted molar refractivity (Wildman–Crippen MR) is 77.0 cm³/mol. The molecule has 0 spiro atoms. The molecule has 4 heteroatoms. The molecule has 0 aliphatic rings. The van der Waals surface area contributed by atoms with Gasteiger partial charge >= 0.3 is 0 Å². The van der Waals surface area contributed by atoms with Gasteiger partial charge in [-0.2, -0.15) is 0 Å². The van der Waals surface area contributed by atoms with Crippen LogP contribution < -0.4 is 0 Å². The Bertz CT molecular complexity index is 561. The zero-order chi connectivity index (χ0) is 13.3. The van der Waals surface area contributed by atoms with Gasteiger partial charge in [0.1, 0.15) is 11.5 Å².